The predicted molar refractivity (Wildman–Crippen MR) is 98.8 cm³/mol. The highest BCUT2D eigenvalue weighted by Crippen LogP contribution is 2.39. The van der Waals surface area contributed by atoms with Gasteiger partial charge in [-0.2, -0.15) is 13.2 Å². The molecule has 1 aliphatic rings. The largest absolute Gasteiger partial charge is 0.416 e. The number of urea groups is 1. The third kappa shape index (κ3) is 3.94. The van der Waals surface area contributed by atoms with E-state index >= 15 is 0 Å². The zero-order valence-corrected chi connectivity index (χ0v) is 15.6. The second-order valence-electron chi connectivity index (χ2n) is 6.91. The number of aryl methyl sites for hydroxylation is 1. The van der Waals surface area contributed by atoms with Crippen LogP contribution in [0.2, 0.25) is 0 Å². The Bertz CT molecular complexity index is 990. The summed E-state index contributed by atoms with van der Waals surface area (Å²) in [6.45, 7) is 2.40. The molecule has 0 spiro atoms. The van der Waals surface area contributed by atoms with Crippen LogP contribution in [0, 0.1) is 6.92 Å². The quantitative estimate of drug-likeness (QED) is 0.766. The molecule has 1 saturated heterocycles. The molecule has 1 heterocycles. The first-order valence-electron chi connectivity index (χ1n) is 8.70. The lowest BCUT2D eigenvalue weighted by Crippen LogP contribution is -2.43. The highest BCUT2D eigenvalue weighted by molar-refractivity contribution is 6.10. The van der Waals surface area contributed by atoms with Crippen molar-refractivity contribution in [1.29, 1.82) is 0 Å². The summed E-state index contributed by atoms with van der Waals surface area (Å²) in [7, 11) is 0. The van der Waals surface area contributed by atoms with Crippen LogP contribution in [0.1, 0.15) is 23.6 Å². The van der Waals surface area contributed by atoms with Gasteiger partial charge in [0.25, 0.3) is 5.91 Å². The zero-order valence-electron chi connectivity index (χ0n) is 15.6. The molecule has 2 aromatic rings. The lowest BCUT2D eigenvalue weighted by Gasteiger charge is -2.25. The summed E-state index contributed by atoms with van der Waals surface area (Å²) in [6, 6.07) is 10.5. The number of amides is 4. The number of rotatable bonds is 4. The predicted octanol–water partition coefficient (Wildman–Crippen LogP) is 3.42. The van der Waals surface area contributed by atoms with Gasteiger partial charge in [-0.25, -0.2) is 4.79 Å². The molecular formula is C20H18F3N3O3. The normalized spacial score (nSPS) is 19.3. The van der Waals surface area contributed by atoms with Gasteiger partial charge in [0.15, 0.2) is 0 Å². The van der Waals surface area contributed by atoms with Gasteiger partial charge in [0.1, 0.15) is 12.1 Å². The molecule has 0 radical (unpaired) electrons. The molecule has 0 aromatic heterocycles. The van der Waals surface area contributed by atoms with E-state index in [0.29, 0.717) is 10.6 Å². The Labute approximate surface area is 164 Å². The van der Waals surface area contributed by atoms with Gasteiger partial charge in [0.2, 0.25) is 5.91 Å². The van der Waals surface area contributed by atoms with E-state index in [1.54, 1.807) is 18.2 Å². The topological polar surface area (TPSA) is 78.5 Å². The molecular weight excluding hydrogens is 387 g/mol. The molecule has 0 bridgehead atoms. The second kappa shape index (κ2) is 7.23. The van der Waals surface area contributed by atoms with Crippen molar-refractivity contribution in [3.05, 3.63) is 65.2 Å². The molecule has 9 heteroatoms. The fraction of sp³-hybridized carbons (Fsp3) is 0.250. The number of hydrogen-bond donors (Lipinski definition) is 2. The summed E-state index contributed by atoms with van der Waals surface area (Å²) in [5.41, 5.74) is -1.97. The molecule has 29 heavy (non-hydrogen) atoms. The fourth-order valence-electron chi connectivity index (χ4n) is 3.26. The number of benzene rings is 2. The van der Waals surface area contributed by atoms with E-state index in [4.69, 9.17) is 0 Å². The van der Waals surface area contributed by atoms with Gasteiger partial charge in [-0.3, -0.25) is 14.5 Å². The number of carbonyl (C=O) groups excluding carboxylic acids is 3. The molecule has 4 amide bonds. The molecule has 6 nitrogen and oxygen atoms in total. The molecule has 1 unspecified atom stereocenters. The van der Waals surface area contributed by atoms with E-state index in [-0.39, 0.29) is 5.56 Å². The van der Waals surface area contributed by atoms with E-state index in [1.807, 2.05) is 13.0 Å². The van der Waals surface area contributed by atoms with Crippen molar-refractivity contribution in [2.75, 3.05) is 11.9 Å². The van der Waals surface area contributed by atoms with E-state index < -0.39 is 41.7 Å². The van der Waals surface area contributed by atoms with Crippen LogP contribution in [0.25, 0.3) is 0 Å². The minimum atomic E-state index is -4.71. The molecule has 1 aliphatic heterocycles. The fourth-order valence-corrected chi connectivity index (χ4v) is 3.26. The summed E-state index contributed by atoms with van der Waals surface area (Å²) in [4.78, 5) is 38.1. The van der Waals surface area contributed by atoms with Crippen molar-refractivity contribution in [2.45, 2.75) is 25.6 Å². The Morgan fingerprint density at radius 2 is 1.83 bits per heavy atom. The average Bonchev–Trinajstić information content (AvgIpc) is 2.85. The Morgan fingerprint density at radius 3 is 2.48 bits per heavy atom. The molecule has 2 aromatic carbocycles. The number of imide groups is 1. The summed E-state index contributed by atoms with van der Waals surface area (Å²) in [5.74, 6) is -1.58. The van der Waals surface area contributed by atoms with Gasteiger partial charge >= 0.3 is 12.2 Å². The highest BCUT2D eigenvalue weighted by Gasteiger charge is 2.52. The minimum Gasteiger partial charge on any atom is -0.325 e. The smallest absolute Gasteiger partial charge is 0.325 e. The SMILES string of the molecule is Cc1cccc(NC(=O)CN2C(=O)NC(C)(c3ccccc3C(F)(F)F)C2=O)c1. The number of anilines is 1. The molecule has 152 valence electrons. The number of carbonyl (C=O) groups is 3. The maximum Gasteiger partial charge on any atom is 0.416 e. The van der Waals surface area contributed by atoms with Crippen LogP contribution in [-0.4, -0.2) is 29.3 Å². The first kappa shape index (κ1) is 20.4. The standard InChI is InChI=1S/C20H18F3N3O3/c1-12-6-5-7-13(10-12)24-16(27)11-26-17(28)19(2,25-18(26)29)14-8-3-4-9-15(14)20(21,22)23/h3-10H,11H2,1-2H3,(H,24,27)(H,25,29). The summed E-state index contributed by atoms with van der Waals surface area (Å²) >= 11 is 0. The van der Waals surface area contributed by atoms with Crippen LogP contribution < -0.4 is 10.6 Å². The molecule has 3 rings (SSSR count). The van der Waals surface area contributed by atoms with Crippen LogP contribution in [0.3, 0.4) is 0 Å². The lowest BCUT2D eigenvalue weighted by atomic mass is 9.87. The first-order valence-corrected chi connectivity index (χ1v) is 8.70. The van der Waals surface area contributed by atoms with Gasteiger partial charge in [-0.15, -0.1) is 0 Å². The Balaban J connectivity index is 1.84. The highest BCUT2D eigenvalue weighted by atomic mass is 19.4. The number of halogens is 3. The maximum atomic E-state index is 13.4. The van der Waals surface area contributed by atoms with Crippen molar-refractivity contribution in [3.63, 3.8) is 0 Å². The summed E-state index contributed by atoms with van der Waals surface area (Å²) < 4.78 is 40.1. The van der Waals surface area contributed by atoms with Gasteiger partial charge in [0, 0.05) is 5.69 Å². The first-order chi connectivity index (χ1) is 13.5. The maximum absolute atomic E-state index is 13.4. The molecule has 1 fully saturated rings. The van der Waals surface area contributed by atoms with Crippen LogP contribution in [0.5, 0.6) is 0 Å². The van der Waals surface area contributed by atoms with Crippen LogP contribution in [0.15, 0.2) is 48.5 Å². The van der Waals surface area contributed by atoms with Gasteiger partial charge in [-0.05, 0) is 43.2 Å². The van der Waals surface area contributed by atoms with Crippen molar-refractivity contribution in [3.8, 4) is 0 Å². The van der Waals surface area contributed by atoms with E-state index in [0.717, 1.165) is 17.7 Å². The average molecular weight is 405 g/mol. The van der Waals surface area contributed by atoms with E-state index in [2.05, 4.69) is 10.6 Å². The molecule has 2 N–H and O–H groups in total. The molecule has 0 saturated carbocycles. The van der Waals surface area contributed by atoms with Crippen molar-refractivity contribution < 1.29 is 27.6 Å². The van der Waals surface area contributed by atoms with Crippen LogP contribution in [-0.2, 0) is 21.3 Å². The third-order valence-electron chi connectivity index (χ3n) is 4.65. The minimum absolute atomic E-state index is 0.382. The zero-order chi connectivity index (χ0) is 21.4. The van der Waals surface area contributed by atoms with E-state index in [9.17, 15) is 27.6 Å². The van der Waals surface area contributed by atoms with Crippen LogP contribution >= 0.6 is 0 Å². The summed E-state index contributed by atoms with van der Waals surface area (Å²) in [5, 5.41) is 4.86. The van der Waals surface area contributed by atoms with Crippen molar-refractivity contribution in [1.82, 2.24) is 10.2 Å². The second-order valence-corrected chi connectivity index (χ2v) is 6.91. The van der Waals surface area contributed by atoms with Gasteiger partial charge < -0.3 is 10.6 Å². The monoisotopic (exact) mass is 405 g/mol. The van der Waals surface area contributed by atoms with Crippen molar-refractivity contribution >= 4 is 23.5 Å². The number of alkyl halides is 3. The number of nitrogens with one attached hydrogen (secondary N) is 2. The third-order valence-corrected chi connectivity index (χ3v) is 4.65. The number of nitrogens with zero attached hydrogens (tertiary/aromatic N) is 1. The Hall–Kier alpha value is -3.36. The molecule has 0 aliphatic carbocycles. The molecule has 1 atom stereocenters. The lowest BCUT2D eigenvalue weighted by molar-refractivity contribution is -0.140. The van der Waals surface area contributed by atoms with E-state index in [1.165, 1.54) is 19.1 Å². The van der Waals surface area contributed by atoms with Crippen LogP contribution in [0.4, 0.5) is 23.7 Å². The van der Waals surface area contributed by atoms with Crippen molar-refractivity contribution in [2.24, 2.45) is 0 Å². The number of hydrogen-bond acceptors (Lipinski definition) is 3. The van der Waals surface area contributed by atoms with Gasteiger partial charge in [-0.1, -0.05) is 30.3 Å². The Morgan fingerprint density at radius 1 is 1.14 bits per heavy atom. The Kier molecular flexibility index (Phi) is 5.08. The summed E-state index contributed by atoms with van der Waals surface area (Å²) in [6.07, 6.45) is -4.71. The van der Waals surface area contributed by atoms with Gasteiger partial charge in [0.05, 0.1) is 5.56 Å².